The van der Waals surface area contributed by atoms with Crippen molar-refractivity contribution in [2.24, 2.45) is 11.8 Å². The molecule has 2 atom stereocenters. The molecule has 5 nitrogen and oxygen atoms in total. The lowest BCUT2D eigenvalue weighted by Crippen LogP contribution is -2.36. The van der Waals surface area contributed by atoms with Crippen molar-refractivity contribution < 1.29 is 19.4 Å². The fourth-order valence-electron chi connectivity index (χ4n) is 3.22. The highest BCUT2D eigenvalue weighted by molar-refractivity contribution is 6.30. The summed E-state index contributed by atoms with van der Waals surface area (Å²) in [7, 11) is 0. The zero-order valence-corrected chi connectivity index (χ0v) is 14.9. The first-order valence-electron chi connectivity index (χ1n) is 8.60. The highest BCUT2D eigenvalue weighted by atomic mass is 35.5. The molecule has 0 radical (unpaired) electrons. The second kappa shape index (κ2) is 8.23. The van der Waals surface area contributed by atoms with Gasteiger partial charge in [0.1, 0.15) is 11.5 Å². The number of carbonyl (C=O) groups is 2. The second-order valence-corrected chi connectivity index (χ2v) is 6.84. The Kier molecular flexibility index (Phi) is 5.78. The van der Waals surface area contributed by atoms with Gasteiger partial charge in [0.25, 0.3) is 0 Å². The molecule has 26 heavy (non-hydrogen) atoms. The third-order valence-electron chi connectivity index (χ3n) is 4.59. The maximum absolute atomic E-state index is 12.5. The van der Waals surface area contributed by atoms with Crippen molar-refractivity contribution in [3.8, 4) is 11.5 Å². The molecule has 1 aliphatic carbocycles. The zero-order chi connectivity index (χ0) is 18.5. The average Bonchev–Trinajstić information content (AvgIpc) is 2.65. The van der Waals surface area contributed by atoms with Crippen LogP contribution in [0.4, 0.5) is 5.69 Å². The number of carboxylic acids is 1. The lowest BCUT2D eigenvalue weighted by atomic mass is 9.78. The van der Waals surface area contributed by atoms with E-state index in [-0.39, 0.29) is 5.91 Å². The van der Waals surface area contributed by atoms with Gasteiger partial charge in [-0.1, -0.05) is 24.4 Å². The molecule has 0 aromatic heterocycles. The summed E-state index contributed by atoms with van der Waals surface area (Å²) in [4.78, 5) is 23.8. The number of halogens is 1. The zero-order valence-electron chi connectivity index (χ0n) is 14.2. The molecule has 2 N–H and O–H groups in total. The van der Waals surface area contributed by atoms with Crippen LogP contribution < -0.4 is 10.1 Å². The van der Waals surface area contributed by atoms with Crippen molar-refractivity contribution in [3.05, 3.63) is 53.6 Å². The van der Waals surface area contributed by atoms with Crippen LogP contribution in [0.5, 0.6) is 11.5 Å². The minimum Gasteiger partial charge on any atom is -0.481 e. The smallest absolute Gasteiger partial charge is 0.307 e. The standard InChI is InChI=1S/C20H20ClNO4/c21-13-5-9-15(10-6-13)26-16-11-7-14(8-12-16)22-19(23)17-3-1-2-4-18(17)20(24)25/h5-12,17-18H,1-4H2,(H,22,23)(H,24,25)/t17-,18+/m0/s1. The van der Waals surface area contributed by atoms with Crippen LogP contribution >= 0.6 is 11.6 Å². The summed E-state index contributed by atoms with van der Waals surface area (Å²) in [5, 5.41) is 12.8. The summed E-state index contributed by atoms with van der Waals surface area (Å²) in [6.45, 7) is 0. The van der Waals surface area contributed by atoms with Crippen LogP contribution in [0, 0.1) is 11.8 Å². The Labute approximate surface area is 156 Å². The molecule has 0 bridgehead atoms. The molecule has 3 rings (SSSR count). The normalized spacial score (nSPS) is 19.6. The summed E-state index contributed by atoms with van der Waals surface area (Å²) in [6, 6.07) is 14.0. The molecule has 1 fully saturated rings. The third-order valence-corrected chi connectivity index (χ3v) is 4.84. The Morgan fingerprint density at radius 1 is 0.923 bits per heavy atom. The molecule has 0 saturated heterocycles. The average molecular weight is 374 g/mol. The number of hydrogen-bond donors (Lipinski definition) is 2. The summed E-state index contributed by atoms with van der Waals surface area (Å²) in [5.74, 6) is -0.911. The van der Waals surface area contributed by atoms with E-state index in [2.05, 4.69) is 5.32 Å². The predicted molar refractivity (Wildman–Crippen MR) is 99.7 cm³/mol. The monoisotopic (exact) mass is 373 g/mol. The SMILES string of the molecule is O=C(Nc1ccc(Oc2ccc(Cl)cc2)cc1)[C@H]1CCCC[C@H]1C(=O)O. The van der Waals surface area contributed by atoms with Gasteiger partial charge in [-0.25, -0.2) is 0 Å². The van der Waals surface area contributed by atoms with Crippen molar-refractivity contribution in [1.29, 1.82) is 0 Å². The van der Waals surface area contributed by atoms with E-state index in [9.17, 15) is 14.7 Å². The molecule has 0 aliphatic heterocycles. The number of anilines is 1. The maximum atomic E-state index is 12.5. The van der Waals surface area contributed by atoms with E-state index in [1.165, 1.54) is 0 Å². The number of carbonyl (C=O) groups excluding carboxylic acids is 1. The fourth-order valence-corrected chi connectivity index (χ4v) is 3.35. The van der Waals surface area contributed by atoms with Gasteiger partial charge < -0.3 is 15.2 Å². The summed E-state index contributed by atoms with van der Waals surface area (Å²) < 4.78 is 5.71. The van der Waals surface area contributed by atoms with E-state index in [1.807, 2.05) is 0 Å². The highest BCUT2D eigenvalue weighted by Crippen LogP contribution is 2.31. The number of aliphatic carboxylic acids is 1. The summed E-state index contributed by atoms with van der Waals surface area (Å²) >= 11 is 5.85. The largest absolute Gasteiger partial charge is 0.481 e. The van der Waals surface area contributed by atoms with E-state index >= 15 is 0 Å². The first-order chi connectivity index (χ1) is 12.5. The molecule has 136 valence electrons. The topological polar surface area (TPSA) is 75.6 Å². The number of nitrogens with one attached hydrogen (secondary N) is 1. The quantitative estimate of drug-likeness (QED) is 0.776. The number of ether oxygens (including phenoxy) is 1. The molecule has 1 amide bonds. The van der Waals surface area contributed by atoms with Crippen molar-refractivity contribution in [2.45, 2.75) is 25.7 Å². The van der Waals surface area contributed by atoms with Gasteiger partial charge in [-0.15, -0.1) is 0 Å². The number of carboxylic acid groups (broad SMARTS) is 1. The summed E-state index contributed by atoms with van der Waals surface area (Å²) in [5.41, 5.74) is 0.619. The van der Waals surface area contributed by atoms with Crippen molar-refractivity contribution in [1.82, 2.24) is 0 Å². The number of rotatable bonds is 5. The summed E-state index contributed by atoms with van der Waals surface area (Å²) in [6.07, 6.45) is 2.91. The van der Waals surface area contributed by atoms with Crippen LogP contribution in [-0.2, 0) is 9.59 Å². The lowest BCUT2D eigenvalue weighted by Gasteiger charge is -2.27. The van der Waals surface area contributed by atoms with E-state index in [1.54, 1.807) is 48.5 Å². The van der Waals surface area contributed by atoms with E-state index in [0.29, 0.717) is 35.1 Å². The Morgan fingerprint density at radius 3 is 2.04 bits per heavy atom. The number of hydrogen-bond acceptors (Lipinski definition) is 3. The van der Waals surface area contributed by atoms with Gasteiger partial charge in [-0.05, 0) is 61.4 Å². The van der Waals surface area contributed by atoms with E-state index in [0.717, 1.165) is 12.8 Å². The molecular formula is C20H20ClNO4. The van der Waals surface area contributed by atoms with Gasteiger partial charge in [0, 0.05) is 10.7 Å². The van der Waals surface area contributed by atoms with E-state index in [4.69, 9.17) is 16.3 Å². The minimum absolute atomic E-state index is 0.233. The van der Waals surface area contributed by atoms with Crippen LogP contribution in [0.2, 0.25) is 5.02 Å². The molecule has 0 unspecified atom stereocenters. The lowest BCUT2D eigenvalue weighted by molar-refractivity contribution is -0.147. The molecule has 0 heterocycles. The Hall–Kier alpha value is -2.53. The predicted octanol–water partition coefficient (Wildman–Crippen LogP) is 4.96. The fraction of sp³-hybridized carbons (Fsp3) is 0.300. The number of benzene rings is 2. The molecule has 0 spiro atoms. The maximum Gasteiger partial charge on any atom is 0.307 e. The van der Waals surface area contributed by atoms with Crippen LogP contribution in [0.15, 0.2) is 48.5 Å². The molecule has 6 heteroatoms. The van der Waals surface area contributed by atoms with Gasteiger partial charge in [0.15, 0.2) is 0 Å². The molecule has 2 aromatic rings. The third kappa shape index (κ3) is 4.55. The van der Waals surface area contributed by atoms with Gasteiger partial charge in [0.2, 0.25) is 5.91 Å². The van der Waals surface area contributed by atoms with Crippen molar-refractivity contribution >= 4 is 29.2 Å². The van der Waals surface area contributed by atoms with Crippen LogP contribution in [0.25, 0.3) is 0 Å². The first kappa shape index (κ1) is 18.3. The van der Waals surface area contributed by atoms with Crippen LogP contribution in [0.3, 0.4) is 0 Å². The molecular weight excluding hydrogens is 354 g/mol. The molecule has 2 aromatic carbocycles. The van der Waals surface area contributed by atoms with Gasteiger partial charge in [-0.2, -0.15) is 0 Å². The Morgan fingerprint density at radius 2 is 1.46 bits per heavy atom. The van der Waals surface area contributed by atoms with Crippen molar-refractivity contribution in [3.63, 3.8) is 0 Å². The van der Waals surface area contributed by atoms with E-state index < -0.39 is 17.8 Å². The second-order valence-electron chi connectivity index (χ2n) is 6.41. The Bertz CT molecular complexity index is 773. The molecule has 1 saturated carbocycles. The highest BCUT2D eigenvalue weighted by Gasteiger charge is 2.35. The van der Waals surface area contributed by atoms with Crippen molar-refractivity contribution in [2.75, 3.05) is 5.32 Å². The van der Waals surface area contributed by atoms with Gasteiger partial charge in [-0.3, -0.25) is 9.59 Å². The molecule has 1 aliphatic rings. The number of amides is 1. The van der Waals surface area contributed by atoms with Gasteiger partial charge in [0.05, 0.1) is 11.8 Å². The minimum atomic E-state index is -0.892. The van der Waals surface area contributed by atoms with Crippen LogP contribution in [-0.4, -0.2) is 17.0 Å². The van der Waals surface area contributed by atoms with Gasteiger partial charge >= 0.3 is 5.97 Å². The van der Waals surface area contributed by atoms with Crippen LogP contribution in [0.1, 0.15) is 25.7 Å². The Balaban J connectivity index is 1.62. The first-order valence-corrected chi connectivity index (χ1v) is 8.98.